The fourth-order valence-electron chi connectivity index (χ4n) is 1.88. The summed E-state index contributed by atoms with van der Waals surface area (Å²) in [6, 6.07) is 10.3. The summed E-state index contributed by atoms with van der Waals surface area (Å²) in [5, 5.41) is 6.95. The van der Waals surface area contributed by atoms with Crippen LogP contribution in [0.2, 0.25) is 0 Å². The van der Waals surface area contributed by atoms with Gasteiger partial charge in [-0.15, -0.1) is 0 Å². The Morgan fingerprint density at radius 3 is 2.56 bits per heavy atom. The molecule has 1 amide bonds. The van der Waals surface area contributed by atoms with Crippen molar-refractivity contribution in [2.45, 2.75) is 13.3 Å². The average Bonchev–Trinajstić information content (AvgIpc) is 2.76. The number of aryl methyl sites for hydroxylation is 1. The van der Waals surface area contributed by atoms with Crippen LogP contribution in [0.25, 0.3) is 11.3 Å². The number of aromatic nitrogens is 2. The van der Waals surface area contributed by atoms with Crippen LogP contribution in [-0.2, 0) is 18.3 Å². The average molecular weight is 243 g/mol. The van der Waals surface area contributed by atoms with Crippen molar-refractivity contribution < 1.29 is 4.79 Å². The Morgan fingerprint density at radius 1 is 1.28 bits per heavy atom. The van der Waals surface area contributed by atoms with Gasteiger partial charge in [0.15, 0.2) is 0 Å². The second-order valence-electron chi connectivity index (χ2n) is 4.27. The third-order valence-corrected chi connectivity index (χ3v) is 2.86. The minimum Gasteiger partial charge on any atom is -0.356 e. The van der Waals surface area contributed by atoms with Crippen molar-refractivity contribution in [1.82, 2.24) is 15.1 Å². The van der Waals surface area contributed by atoms with E-state index in [2.05, 4.69) is 34.7 Å². The highest BCUT2D eigenvalue weighted by atomic mass is 16.1. The molecular formula is C14H17N3O. The maximum Gasteiger partial charge on any atom is 0.216 e. The normalized spacial score (nSPS) is 10.3. The molecule has 4 nitrogen and oxygen atoms in total. The van der Waals surface area contributed by atoms with Gasteiger partial charge in [0.1, 0.15) is 0 Å². The Labute approximate surface area is 107 Å². The Balaban J connectivity index is 2.02. The molecule has 4 heteroatoms. The van der Waals surface area contributed by atoms with Crippen LogP contribution in [0.4, 0.5) is 0 Å². The fourth-order valence-corrected chi connectivity index (χ4v) is 1.88. The van der Waals surface area contributed by atoms with Gasteiger partial charge in [0.2, 0.25) is 5.91 Å². The number of benzene rings is 1. The van der Waals surface area contributed by atoms with Crippen LogP contribution in [0, 0.1) is 0 Å². The molecule has 1 aromatic carbocycles. The first-order valence-corrected chi connectivity index (χ1v) is 5.98. The zero-order chi connectivity index (χ0) is 13.0. The number of carbonyl (C=O) groups is 1. The maximum absolute atomic E-state index is 10.8. The molecular weight excluding hydrogens is 226 g/mol. The molecule has 2 rings (SSSR count). The Bertz CT molecular complexity index is 528. The maximum atomic E-state index is 10.8. The standard InChI is InChI=1S/C14H17N3O/c1-11(18)15-9-7-12-3-5-13(6-4-12)14-8-10-16-17(14)2/h3-6,8,10H,7,9H2,1-2H3,(H,15,18). The molecule has 18 heavy (non-hydrogen) atoms. The number of hydrogen-bond donors (Lipinski definition) is 1. The van der Waals surface area contributed by atoms with E-state index in [1.165, 1.54) is 12.5 Å². The molecule has 0 unspecified atom stereocenters. The van der Waals surface area contributed by atoms with Crippen LogP contribution >= 0.6 is 0 Å². The van der Waals surface area contributed by atoms with Crippen molar-refractivity contribution in [3.8, 4) is 11.3 Å². The van der Waals surface area contributed by atoms with Gasteiger partial charge in [-0.1, -0.05) is 24.3 Å². The first-order chi connectivity index (χ1) is 8.66. The lowest BCUT2D eigenvalue weighted by Gasteiger charge is -2.05. The summed E-state index contributed by atoms with van der Waals surface area (Å²) in [6.07, 6.45) is 2.64. The predicted octanol–water partition coefficient (Wildman–Crippen LogP) is 1.77. The lowest BCUT2D eigenvalue weighted by molar-refractivity contribution is -0.118. The molecule has 0 saturated carbocycles. The quantitative estimate of drug-likeness (QED) is 0.889. The van der Waals surface area contributed by atoms with Crippen LogP contribution in [-0.4, -0.2) is 22.2 Å². The lowest BCUT2D eigenvalue weighted by Crippen LogP contribution is -2.22. The molecule has 0 aliphatic heterocycles. The highest BCUT2D eigenvalue weighted by molar-refractivity contribution is 5.72. The Morgan fingerprint density at radius 2 is 2.00 bits per heavy atom. The Kier molecular flexibility index (Phi) is 3.77. The van der Waals surface area contributed by atoms with E-state index in [-0.39, 0.29) is 5.91 Å². The minimum absolute atomic E-state index is 0.0153. The van der Waals surface area contributed by atoms with Crippen LogP contribution < -0.4 is 5.32 Å². The van der Waals surface area contributed by atoms with Gasteiger partial charge in [-0.25, -0.2) is 0 Å². The molecule has 0 fully saturated rings. The van der Waals surface area contributed by atoms with E-state index in [0.29, 0.717) is 6.54 Å². The molecule has 1 heterocycles. The van der Waals surface area contributed by atoms with Crippen molar-refractivity contribution >= 4 is 5.91 Å². The zero-order valence-corrected chi connectivity index (χ0v) is 10.7. The van der Waals surface area contributed by atoms with Crippen LogP contribution in [0.5, 0.6) is 0 Å². The van der Waals surface area contributed by atoms with Gasteiger partial charge >= 0.3 is 0 Å². The topological polar surface area (TPSA) is 46.9 Å². The monoisotopic (exact) mass is 243 g/mol. The molecule has 0 aliphatic carbocycles. The Hall–Kier alpha value is -2.10. The summed E-state index contributed by atoms with van der Waals surface area (Å²) in [4.78, 5) is 10.8. The van der Waals surface area contributed by atoms with Gasteiger partial charge in [0, 0.05) is 26.7 Å². The van der Waals surface area contributed by atoms with Gasteiger partial charge in [-0.2, -0.15) is 5.10 Å². The summed E-state index contributed by atoms with van der Waals surface area (Å²) in [5.74, 6) is 0.0153. The molecule has 0 aliphatic rings. The summed E-state index contributed by atoms with van der Waals surface area (Å²) >= 11 is 0. The van der Waals surface area contributed by atoms with E-state index in [9.17, 15) is 4.79 Å². The summed E-state index contributed by atoms with van der Waals surface area (Å²) < 4.78 is 1.85. The van der Waals surface area contributed by atoms with E-state index >= 15 is 0 Å². The SMILES string of the molecule is CC(=O)NCCc1ccc(-c2ccnn2C)cc1. The second kappa shape index (κ2) is 5.49. The first kappa shape index (κ1) is 12.4. The van der Waals surface area contributed by atoms with Crippen molar-refractivity contribution in [3.63, 3.8) is 0 Å². The highest BCUT2D eigenvalue weighted by Crippen LogP contribution is 2.18. The largest absolute Gasteiger partial charge is 0.356 e. The molecule has 0 atom stereocenters. The molecule has 0 saturated heterocycles. The van der Waals surface area contributed by atoms with Gasteiger partial charge < -0.3 is 5.32 Å². The number of nitrogens with one attached hydrogen (secondary N) is 1. The zero-order valence-electron chi connectivity index (χ0n) is 10.7. The summed E-state index contributed by atoms with van der Waals surface area (Å²) in [6.45, 7) is 2.21. The first-order valence-electron chi connectivity index (χ1n) is 5.98. The number of nitrogens with zero attached hydrogens (tertiary/aromatic N) is 2. The number of hydrogen-bond acceptors (Lipinski definition) is 2. The minimum atomic E-state index is 0.0153. The van der Waals surface area contributed by atoms with Crippen molar-refractivity contribution in [2.24, 2.45) is 7.05 Å². The van der Waals surface area contributed by atoms with Gasteiger partial charge in [0.05, 0.1) is 5.69 Å². The van der Waals surface area contributed by atoms with Crippen LogP contribution in [0.3, 0.4) is 0 Å². The van der Waals surface area contributed by atoms with Crippen LogP contribution in [0.15, 0.2) is 36.5 Å². The lowest BCUT2D eigenvalue weighted by atomic mass is 10.1. The van der Waals surface area contributed by atoms with E-state index in [4.69, 9.17) is 0 Å². The third-order valence-electron chi connectivity index (χ3n) is 2.86. The van der Waals surface area contributed by atoms with E-state index < -0.39 is 0 Å². The number of amides is 1. The second-order valence-corrected chi connectivity index (χ2v) is 4.27. The van der Waals surface area contributed by atoms with E-state index in [0.717, 1.165) is 17.7 Å². The van der Waals surface area contributed by atoms with Crippen LogP contribution in [0.1, 0.15) is 12.5 Å². The van der Waals surface area contributed by atoms with E-state index in [1.807, 2.05) is 17.8 Å². The highest BCUT2D eigenvalue weighted by Gasteiger charge is 2.02. The summed E-state index contributed by atoms with van der Waals surface area (Å²) in [5.41, 5.74) is 3.47. The molecule has 1 N–H and O–H groups in total. The van der Waals surface area contributed by atoms with E-state index in [1.54, 1.807) is 6.20 Å². The van der Waals surface area contributed by atoms with Crippen molar-refractivity contribution in [3.05, 3.63) is 42.1 Å². The van der Waals surface area contributed by atoms with Crippen molar-refractivity contribution in [1.29, 1.82) is 0 Å². The fraction of sp³-hybridized carbons (Fsp3) is 0.286. The summed E-state index contributed by atoms with van der Waals surface area (Å²) in [7, 11) is 1.93. The molecule has 0 spiro atoms. The smallest absolute Gasteiger partial charge is 0.216 e. The van der Waals surface area contributed by atoms with Gasteiger partial charge in [0.25, 0.3) is 0 Å². The molecule has 0 bridgehead atoms. The molecule has 1 aromatic heterocycles. The molecule has 2 aromatic rings. The predicted molar refractivity (Wildman–Crippen MR) is 71.0 cm³/mol. The van der Waals surface area contributed by atoms with Crippen molar-refractivity contribution in [2.75, 3.05) is 6.54 Å². The van der Waals surface area contributed by atoms with Gasteiger partial charge in [-0.05, 0) is 23.6 Å². The molecule has 0 radical (unpaired) electrons. The third kappa shape index (κ3) is 2.97. The molecule has 94 valence electrons. The number of rotatable bonds is 4. The van der Waals surface area contributed by atoms with Gasteiger partial charge in [-0.3, -0.25) is 9.48 Å². The number of carbonyl (C=O) groups excluding carboxylic acids is 1.